The standard InChI is InChI=1S/C22H34N4O4S/c1-5-29-19(27)16-6-8-18(9-7-16)26-14-10-17(11-15-26)25-20(31)23-12-13-24-21(28)30-22(2,3)4/h6-9,17H,5,10-15H2,1-4H3,(H,24,28)(H2,23,25,31). The monoisotopic (exact) mass is 450 g/mol. The number of rotatable bonds is 7. The average Bonchev–Trinajstić information content (AvgIpc) is 2.71. The molecular weight excluding hydrogens is 416 g/mol. The summed E-state index contributed by atoms with van der Waals surface area (Å²) < 4.78 is 10.2. The van der Waals surface area contributed by atoms with Gasteiger partial charge in [0.15, 0.2) is 5.11 Å². The minimum absolute atomic E-state index is 0.292. The number of alkyl carbamates (subject to hydrolysis) is 1. The molecule has 9 heteroatoms. The van der Waals surface area contributed by atoms with Crippen LogP contribution in [0.4, 0.5) is 10.5 Å². The summed E-state index contributed by atoms with van der Waals surface area (Å²) in [6.07, 6.45) is 1.48. The van der Waals surface area contributed by atoms with Gasteiger partial charge < -0.3 is 30.3 Å². The molecule has 1 saturated heterocycles. The third-order valence-electron chi connectivity index (χ3n) is 4.65. The molecule has 0 aliphatic carbocycles. The summed E-state index contributed by atoms with van der Waals surface area (Å²) in [7, 11) is 0. The zero-order valence-corrected chi connectivity index (χ0v) is 19.6. The van der Waals surface area contributed by atoms with Crippen LogP contribution in [0.1, 0.15) is 50.9 Å². The molecular formula is C22H34N4O4S. The molecule has 3 N–H and O–H groups in total. The SMILES string of the molecule is CCOC(=O)c1ccc(N2CCC(NC(=S)NCCNC(=O)OC(C)(C)C)CC2)cc1. The first-order valence-electron chi connectivity index (χ1n) is 10.7. The van der Waals surface area contributed by atoms with Crippen molar-refractivity contribution in [2.24, 2.45) is 0 Å². The Morgan fingerprint density at radius 1 is 1.10 bits per heavy atom. The third kappa shape index (κ3) is 9.00. The summed E-state index contributed by atoms with van der Waals surface area (Å²) in [5.74, 6) is -0.292. The lowest BCUT2D eigenvalue weighted by Crippen LogP contribution is -2.49. The number of thiocarbonyl (C=S) groups is 1. The minimum Gasteiger partial charge on any atom is -0.462 e. The Hall–Kier alpha value is -2.55. The van der Waals surface area contributed by atoms with Gasteiger partial charge in [0.2, 0.25) is 0 Å². The second-order valence-corrected chi connectivity index (χ2v) is 8.77. The Bertz CT molecular complexity index is 741. The van der Waals surface area contributed by atoms with Crippen LogP contribution < -0.4 is 20.9 Å². The smallest absolute Gasteiger partial charge is 0.407 e. The first kappa shape index (κ1) is 24.7. The van der Waals surface area contributed by atoms with Crippen LogP contribution in [0.15, 0.2) is 24.3 Å². The highest BCUT2D eigenvalue weighted by Crippen LogP contribution is 2.21. The Morgan fingerprint density at radius 2 is 1.71 bits per heavy atom. The Kier molecular flexibility index (Phi) is 9.36. The molecule has 0 aromatic heterocycles. The summed E-state index contributed by atoms with van der Waals surface area (Å²) >= 11 is 5.36. The number of ether oxygens (including phenoxy) is 2. The second kappa shape index (κ2) is 11.7. The van der Waals surface area contributed by atoms with Crippen LogP contribution in [-0.4, -0.2) is 61.6 Å². The number of carbonyl (C=O) groups excluding carboxylic acids is 2. The number of esters is 1. The molecule has 1 aliphatic heterocycles. The molecule has 0 spiro atoms. The van der Waals surface area contributed by atoms with Gasteiger partial charge in [0, 0.05) is 37.9 Å². The third-order valence-corrected chi connectivity index (χ3v) is 4.91. The van der Waals surface area contributed by atoms with E-state index in [0.29, 0.717) is 36.4 Å². The molecule has 1 fully saturated rings. The number of hydrogen-bond donors (Lipinski definition) is 3. The maximum absolute atomic E-state index is 11.8. The molecule has 1 amide bonds. The summed E-state index contributed by atoms with van der Waals surface area (Å²) in [4.78, 5) is 25.7. The number of anilines is 1. The molecule has 0 saturated carbocycles. The lowest BCUT2D eigenvalue weighted by atomic mass is 10.0. The van der Waals surface area contributed by atoms with Crippen LogP contribution >= 0.6 is 12.2 Å². The van der Waals surface area contributed by atoms with Crippen molar-refractivity contribution in [1.29, 1.82) is 0 Å². The van der Waals surface area contributed by atoms with Gasteiger partial charge in [-0.15, -0.1) is 0 Å². The van der Waals surface area contributed by atoms with Crippen LogP contribution in [0.25, 0.3) is 0 Å². The molecule has 1 heterocycles. The van der Waals surface area contributed by atoms with Crippen LogP contribution in [0.2, 0.25) is 0 Å². The fourth-order valence-corrected chi connectivity index (χ4v) is 3.46. The molecule has 0 radical (unpaired) electrons. The van der Waals surface area contributed by atoms with E-state index in [1.807, 2.05) is 45.0 Å². The number of carbonyl (C=O) groups is 2. The fourth-order valence-electron chi connectivity index (χ4n) is 3.20. The zero-order chi connectivity index (χ0) is 22.9. The highest BCUT2D eigenvalue weighted by molar-refractivity contribution is 7.80. The predicted molar refractivity (Wildman–Crippen MR) is 126 cm³/mol. The predicted octanol–water partition coefficient (Wildman–Crippen LogP) is 2.82. The van der Waals surface area contributed by atoms with E-state index in [4.69, 9.17) is 21.7 Å². The van der Waals surface area contributed by atoms with Crippen LogP contribution in [0.3, 0.4) is 0 Å². The molecule has 1 aliphatic rings. The second-order valence-electron chi connectivity index (χ2n) is 8.36. The zero-order valence-electron chi connectivity index (χ0n) is 18.8. The van der Waals surface area contributed by atoms with Gasteiger partial charge in [0.1, 0.15) is 5.60 Å². The Morgan fingerprint density at radius 3 is 2.29 bits per heavy atom. The average molecular weight is 451 g/mol. The molecule has 172 valence electrons. The van der Waals surface area contributed by atoms with E-state index in [0.717, 1.165) is 31.6 Å². The normalized spacial score (nSPS) is 14.5. The van der Waals surface area contributed by atoms with Gasteiger partial charge >= 0.3 is 12.1 Å². The van der Waals surface area contributed by atoms with E-state index in [1.165, 1.54) is 0 Å². The largest absolute Gasteiger partial charge is 0.462 e. The van der Waals surface area contributed by atoms with E-state index in [2.05, 4.69) is 20.9 Å². The molecule has 2 rings (SSSR count). The van der Waals surface area contributed by atoms with E-state index >= 15 is 0 Å². The number of nitrogens with one attached hydrogen (secondary N) is 3. The van der Waals surface area contributed by atoms with E-state index in [-0.39, 0.29) is 5.97 Å². The molecule has 8 nitrogen and oxygen atoms in total. The molecule has 1 aromatic rings. The topological polar surface area (TPSA) is 91.9 Å². The van der Waals surface area contributed by atoms with E-state index < -0.39 is 11.7 Å². The van der Waals surface area contributed by atoms with Crippen LogP contribution in [0, 0.1) is 0 Å². The Balaban J connectivity index is 1.65. The van der Waals surface area contributed by atoms with Crippen molar-refractivity contribution >= 4 is 35.1 Å². The van der Waals surface area contributed by atoms with E-state index in [1.54, 1.807) is 6.92 Å². The van der Waals surface area contributed by atoms with Gasteiger partial charge in [-0.05, 0) is 77.0 Å². The summed E-state index contributed by atoms with van der Waals surface area (Å²) in [6, 6.07) is 7.84. The van der Waals surface area contributed by atoms with Crippen LogP contribution in [-0.2, 0) is 9.47 Å². The number of nitrogens with zero attached hydrogens (tertiary/aromatic N) is 1. The molecule has 1 aromatic carbocycles. The van der Waals surface area contributed by atoms with Crippen molar-refractivity contribution in [1.82, 2.24) is 16.0 Å². The van der Waals surface area contributed by atoms with Gasteiger partial charge in [-0.25, -0.2) is 9.59 Å². The summed E-state index contributed by atoms with van der Waals surface area (Å²) in [6.45, 7) is 10.4. The maximum atomic E-state index is 11.8. The van der Waals surface area contributed by atoms with Gasteiger partial charge in [0.25, 0.3) is 0 Å². The van der Waals surface area contributed by atoms with Crippen molar-refractivity contribution in [3.63, 3.8) is 0 Å². The highest BCUT2D eigenvalue weighted by atomic mass is 32.1. The molecule has 0 bridgehead atoms. The summed E-state index contributed by atoms with van der Waals surface area (Å²) in [5, 5.41) is 9.73. The number of hydrogen-bond acceptors (Lipinski definition) is 6. The number of benzene rings is 1. The number of amides is 1. The lowest BCUT2D eigenvalue weighted by molar-refractivity contribution is 0.0517. The quantitative estimate of drug-likeness (QED) is 0.332. The van der Waals surface area contributed by atoms with Crippen molar-refractivity contribution in [2.75, 3.05) is 37.7 Å². The van der Waals surface area contributed by atoms with Crippen LogP contribution in [0.5, 0.6) is 0 Å². The van der Waals surface area contributed by atoms with Crippen molar-refractivity contribution in [3.05, 3.63) is 29.8 Å². The number of piperidine rings is 1. The first-order chi connectivity index (χ1) is 14.7. The fraction of sp³-hybridized carbons (Fsp3) is 0.591. The van der Waals surface area contributed by atoms with Gasteiger partial charge in [0.05, 0.1) is 12.2 Å². The van der Waals surface area contributed by atoms with Crippen molar-refractivity contribution in [3.8, 4) is 0 Å². The summed E-state index contributed by atoms with van der Waals surface area (Å²) in [5.41, 5.74) is 1.16. The molecule has 31 heavy (non-hydrogen) atoms. The minimum atomic E-state index is -0.508. The van der Waals surface area contributed by atoms with Gasteiger partial charge in [-0.2, -0.15) is 0 Å². The van der Waals surface area contributed by atoms with Gasteiger partial charge in [-0.3, -0.25) is 0 Å². The molecule has 0 atom stereocenters. The highest BCUT2D eigenvalue weighted by Gasteiger charge is 2.20. The van der Waals surface area contributed by atoms with Gasteiger partial charge in [-0.1, -0.05) is 0 Å². The first-order valence-corrected chi connectivity index (χ1v) is 11.1. The lowest BCUT2D eigenvalue weighted by Gasteiger charge is -2.34. The molecule has 0 unspecified atom stereocenters. The van der Waals surface area contributed by atoms with Crippen molar-refractivity contribution in [2.45, 2.75) is 52.2 Å². The maximum Gasteiger partial charge on any atom is 0.407 e. The van der Waals surface area contributed by atoms with E-state index in [9.17, 15) is 9.59 Å². The Labute approximate surface area is 190 Å². The van der Waals surface area contributed by atoms with Crippen molar-refractivity contribution < 1.29 is 19.1 Å².